The van der Waals surface area contributed by atoms with Crippen LogP contribution in [0.2, 0.25) is 0 Å². The van der Waals surface area contributed by atoms with Gasteiger partial charge in [-0.1, -0.05) is 38.1 Å². The largest absolute Gasteiger partial charge is 0.483 e. The molecule has 0 bridgehead atoms. The van der Waals surface area contributed by atoms with Crippen LogP contribution in [-0.2, 0) is 14.8 Å². The Morgan fingerprint density at radius 2 is 2.00 bits per heavy atom. The topological polar surface area (TPSA) is 81.5 Å². The average molecular weight is 339 g/mol. The Morgan fingerprint density at radius 1 is 1.32 bits per heavy atom. The van der Waals surface area contributed by atoms with E-state index in [1.807, 2.05) is 31.2 Å². The molecule has 0 unspecified atom stereocenters. The molecule has 0 saturated heterocycles. The fourth-order valence-electron chi connectivity index (χ4n) is 1.78. The minimum atomic E-state index is -3.91. The fourth-order valence-corrected chi connectivity index (χ4v) is 3.62. The van der Waals surface area contributed by atoms with Crippen LogP contribution in [0, 0.1) is 12.8 Å². The SMILES string of the molecule is CO/C(=N\S(=O)(=O)c1nc(-c2ccccc2C)ns1)C(C)C. The molecule has 2 aromatic rings. The molecule has 1 heterocycles. The molecule has 0 fully saturated rings. The van der Waals surface area contributed by atoms with Crippen LogP contribution in [0.15, 0.2) is 33.0 Å². The third-order valence-corrected chi connectivity index (χ3v) is 5.25. The first-order valence-electron chi connectivity index (χ1n) is 6.63. The van der Waals surface area contributed by atoms with E-state index in [9.17, 15) is 8.42 Å². The molecule has 0 atom stereocenters. The van der Waals surface area contributed by atoms with E-state index in [2.05, 4.69) is 13.8 Å². The van der Waals surface area contributed by atoms with E-state index in [1.54, 1.807) is 13.8 Å². The lowest BCUT2D eigenvalue weighted by atomic mass is 10.1. The molecule has 8 heteroatoms. The van der Waals surface area contributed by atoms with E-state index in [-0.39, 0.29) is 16.2 Å². The van der Waals surface area contributed by atoms with Crippen LogP contribution in [-0.4, -0.2) is 30.8 Å². The fraction of sp³-hybridized carbons (Fsp3) is 0.357. The minimum Gasteiger partial charge on any atom is -0.483 e. The maximum absolute atomic E-state index is 12.3. The van der Waals surface area contributed by atoms with Gasteiger partial charge in [0.15, 0.2) is 5.82 Å². The maximum Gasteiger partial charge on any atom is 0.314 e. The zero-order valence-electron chi connectivity index (χ0n) is 12.8. The van der Waals surface area contributed by atoms with Crippen LogP contribution in [0.25, 0.3) is 11.4 Å². The monoisotopic (exact) mass is 339 g/mol. The molecule has 0 saturated carbocycles. The van der Waals surface area contributed by atoms with E-state index in [1.165, 1.54) is 7.11 Å². The number of hydrogen-bond donors (Lipinski definition) is 0. The predicted molar refractivity (Wildman–Crippen MR) is 86.5 cm³/mol. The number of rotatable bonds is 4. The van der Waals surface area contributed by atoms with Crippen LogP contribution in [0.3, 0.4) is 0 Å². The maximum atomic E-state index is 12.3. The van der Waals surface area contributed by atoms with Gasteiger partial charge in [0, 0.05) is 23.0 Å². The first-order valence-corrected chi connectivity index (χ1v) is 8.85. The lowest BCUT2D eigenvalue weighted by molar-refractivity contribution is 0.376. The summed E-state index contributed by atoms with van der Waals surface area (Å²) in [6.07, 6.45) is 0. The van der Waals surface area contributed by atoms with E-state index in [4.69, 9.17) is 4.74 Å². The Labute approximate surface area is 134 Å². The Hall–Kier alpha value is -1.80. The number of aryl methyl sites for hydroxylation is 1. The molecule has 1 aromatic carbocycles. The average Bonchev–Trinajstić information content (AvgIpc) is 2.95. The van der Waals surface area contributed by atoms with Gasteiger partial charge in [0.1, 0.15) is 0 Å². The highest BCUT2D eigenvalue weighted by molar-refractivity contribution is 7.92. The standard InChI is InChI=1S/C14H17N3O3S2/c1-9(2)13(20-4)17-22(18,19)14-15-12(16-21-14)11-8-6-5-7-10(11)3/h5-9H,1-4H3/b17-13-. The third-order valence-electron chi connectivity index (χ3n) is 2.93. The Balaban J connectivity index is 2.42. The molecule has 6 nitrogen and oxygen atoms in total. The summed E-state index contributed by atoms with van der Waals surface area (Å²) in [5, 5.41) is 0. The first-order chi connectivity index (χ1) is 10.3. The van der Waals surface area contributed by atoms with E-state index < -0.39 is 10.0 Å². The second kappa shape index (κ2) is 6.53. The molecule has 0 N–H and O–H groups in total. The summed E-state index contributed by atoms with van der Waals surface area (Å²) < 4.78 is 37.3. The van der Waals surface area contributed by atoms with Gasteiger partial charge in [-0.25, -0.2) is 4.98 Å². The number of aromatic nitrogens is 2. The summed E-state index contributed by atoms with van der Waals surface area (Å²) in [6.45, 7) is 5.53. The number of ether oxygens (including phenoxy) is 1. The highest BCUT2D eigenvalue weighted by atomic mass is 32.2. The smallest absolute Gasteiger partial charge is 0.314 e. The van der Waals surface area contributed by atoms with Gasteiger partial charge in [0.25, 0.3) is 4.34 Å². The van der Waals surface area contributed by atoms with Gasteiger partial charge < -0.3 is 4.74 Å². The Bertz CT molecular complexity index is 795. The van der Waals surface area contributed by atoms with Crippen LogP contribution in [0.1, 0.15) is 19.4 Å². The third kappa shape index (κ3) is 3.50. The van der Waals surface area contributed by atoms with Gasteiger partial charge in [0.05, 0.1) is 7.11 Å². The lowest BCUT2D eigenvalue weighted by Gasteiger charge is -2.06. The number of methoxy groups -OCH3 is 1. The summed E-state index contributed by atoms with van der Waals surface area (Å²) in [5.41, 5.74) is 1.78. The van der Waals surface area contributed by atoms with Gasteiger partial charge in [-0.2, -0.15) is 12.8 Å². The number of sulfonamides is 1. The lowest BCUT2D eigenvalue weighted by Crippen LogP contribution is -2.13. The molecule has 2 rings (SSSR count). The first kappa shape index (κ1) is 16.6. The van der Waals surface area contributed by atoms with Gasteiger partial charge in [-0.3, -0.25) is 0 Å². The van der Waals surface area contributed by atoms with Crippen LogP contribution < -0.4 is 0 Å². The van der Waals surface area contributed by atoms with E-state index in [0.717, 1.165) is 22.7 Å². The molecule has 0 amide bonds. The summed E-state index contributed by atoms with van der Waals surface area (Å²) in [5.74, 6) is 0.400. The van der Waals surface area contributed by atoms with E-state index >= 15 is 0 Å². The minimum absolute atomic E-state index is 0.136. The number of hydrogen-bond acceptors (Lipinski definition) is 6. The molecule has 0 spiro atoms. The molecule has 0 aliphatic heterocycles. The summed E-state index contributed by atoms with van der Waals surface area (Å²) in [6, 6.07) is 7.54. The van der Waals surface area contributed by atoms with Crippen LogP contribution >= 0.6 is 11.5 Å². The molecule has 1 aromatic heterocycles. The molecular formula is C14H17N3O3S2. The van der Waals surface area contributed by atoms with Gasteiger partial charge >= 0.3 is 10.0 Å². The van der Waals surface area contributed by atoms with Gasteiger partial charge in [-0.05, 0) is 12.5 Å². The zero-order chi connectivity index (χ0) is 16.3. The van der Waals surface area contributed by atoms with Crippen molar-refractivity contribution in [3.05, 3.63) is 29.8 Å². The number of benzene rings is 1. The van der Waals surface area contributed by atoms with E-state index in [0.29, 0.717) is 5.82 Å². The van der Waals surface area contributed by atoms with Crippen molar-refractivity contribution in [1.82, 2.24) is 9.36 Å². The molecule has 0 aliphatic carbocycles. The van der Waals surface area contributed by atoms with Gasteiger partial charge in [-0.15, -0.1) is 4.40 Å². The van der Waals surface area contributed by atoms with Crippen molar-refractivity contribution in [2.45, 2.75) is 25.1 Å². The quantitative estimate of drug-likeness (QED) is 0.632. The van der Waals surface area contributed by atoms with Crippen LogP contribution in [0.4, 0.5) is 0 Å². The van der Waals surface area contributed by atoms with Crippen molar-refractivity contribution < 1.29 is 13.2 Å². The highest BCUT2D eigenvalue weighted by Crippen LogP contribution is 2.25. The second-order valence-corrected chi connectivity index (χ2v) is 7.49. The molecule has 118 valence electrons. The van der Waals surface area contributed by atoms with Crippen molar-refractivity contribution >= 4 is 27.5 Å². The summed E-state index contributed by atoms with van der Waals surface area (Å²) >= 11 is 0.813. The van der Waals surface area contributed by atoms with Crippen LogP contribution in [0.5, 0.6) is 0 Å². The second-order valence-electron chi connectivity index (χ2n) is 4.96. The molecule has 22 heavy (non-hydrogen) atoms. The van der Waals surface area contributed by atoms with Crippen molar-refractivity contribution in [1.29, 1.82) is 0 Å². The summed E-state index contributed by atoms with van der Waals surface area (Å²) in [4.78, 5) is 4.12. The molecule has 0 aliphatic rings. The zero-order valence-corrected chi connectivity index (χ0v) is 14.4. The van der Waals surface area contributed by atoms with Crippen molar-refractivity contribution in [3.63, 3.8) is 0 Å². The van der Waals surface area contributed by atoms with Crippen molar-refractivity contribution in [3.8, 4) is 11.4 Å². The highest BCUT2D eigenvalue weighted by Gasteiger charge is 2.22. The van der Waals surface area contributed by atoms with Crippen molar-refractivity contribution in [2.75, 3.05) is 7.11 Å². The Kier molecular flexibility index (Phi) is 4.92. The van der Waals surface area contributed by atoms with Gasteiger partial charge in [0.2, 0.25) is 5.90 Å². The molecular weight excluding hydrogens is 322 g/mol. The summed E-state index contributed by atoms with van der Waals surface area (Å²) in [7, 11) is -2.51. The van der Waals surface area contributed by atoms with Crippen molar-refractivity contribution in [2.24, 2.45) is 10.3 Å². The molecule has 0 radical (unpaired) electrons. The number of nitrogens with zero attached hydrogens (tertiary/aromatic N) is 3. The predicted octanol–water partition coefficient (Wildman–Crippen LogP) is 2.90. The Morgan fingerprint density at radius 3 is 2.59 bits per heavy atom. The normalized spacial score (nSPS) is 12.7.